The van der Waals surface area contributed by atoms with Gasteiger partial charge in [-0.1, -0.05) is 69.4 Å². The molecule has 1 amide bonds. The van der Waals surface area contributed by atoms with Gasteiger partial charge >= 0.3 is 0 Å². The zero-order valence-electron chi connectivity index (χ0n) is 17.5. The highest BCUT2D eigenvalue weighted by Crippen LogP contribution is 2.26. The van der Waals surface area contributed by atoms with E-state index < -0.39 is 0 Å². The summed E-state index contributed by atoms with van der Waals surface area (Å²) in [5.41, 5.74) is 0.500. The van der Waals surface area contributed by atoms with Crippen molar-refractivity contribution < 1.29 is 14.3 Å². The van der Waals surface area contributed by atoms with Crippen LogP contribution in [0.15, 0.2) is 12.3 Å². The normalized spacial score (nSPS) is 21.0. The number of nitrogens with one attached hydrogen (secondary N) is 1. The van der Waals surface area contributed by atoms with Crippen molar-refractivity contribution in [1.82, 2.24) is 10.3 Å². The molecule has 1 aliphatic carbocycles. The Bertz CT molecular complexity index is 623. The van der Waals surface area contributed by atoms with Crippen LogP contribution >= 0.6 is 11.6 Å². The summed E-state index contributed by atoms with van der Waals surface area (Å²) < 4.78 is 11.2. The molecule has 1 saturated carbocycles. The molecular weight excluding hydrogens is 388 g/mol. The van der Waals surface area contributed by atoms with Crippen LogP contribution in [0, 0.1) is 0 Å². The minimum Gasteiger partial charge on any atom is -0.473 e. The van der Waals surface area contributed by atoms with Crippen molar-refractivity contribution in [3.63, 3.8) is 0 Å². The Balaban J connectivity index is 1.54. The van der Waals surface area contributed by atoms with E-state index in [1.54, 1.807) is 12.3 Å². The minimum absolute atomic E-state index is 0.0737. The van der Waals surface area contributed by atoms with E-state index in [1.807, 2.05) is 0 Å². The highest BCUT2D eigenvalue weighted by atomic mass is 35.5. The van der Waals surface area contributed by atoms with Crippen molar-refractivity contribution in [2.75, 3.05) is 13.2 Å². The predicted octanol–water partition coefficient (Wildman–Crippen LogP) is 5.70. The van der Waals surface area contributed by atoms with Crippen molar-refractivity contribution in [1.29, 1.82) is 0 Å². The molecule has 5 nitrogen and oxygen atoms in total. The average Bonchev–Trinajstić information content (AvgIpc) is 2.72. The van der Waals surface area contributed by atoms with E-state index in [1.165, 1.54) is 57.8 Å². The molecule has 0 atom stereocenters. The summed E-state index contributed by atoms with van der Waals surface area (Å²) >= 11 is 6.36. The van der Waals surface area contributed by atoms with E-state index >= 15 is 0 Å². The van der Waals surface area contributed by atoms with Crippen LogP contribution in [0.1, 0.15) is 93.8 Å². The molecule has 0 spiro atoms. The number of nitrogens with zero attached hydrogens (tertiary/aromatic N) is 1. The molecule has 2 heterocycles. The second-order valence-electron chi connectivity index (χ2n) is 8.37. The number of ether oxygens (including phenoxy) is 2. The lowest BCUT2D eigenvalue weighted by Crippen LogP contribution is -2.35. The van der Waals surface area contributed by atoms with Crippen molar-refractivity contribution in [3.05, 3.63) is 22.8 Å². The summed E-state index contributed by atoms with van der Waals surface area (Å²) in [6.07, 6.45) is 17.0. The van der Waals surface area contributed by atoms with E-state index in [2.05, 4.69) is 10.3 Å². The van der Waals surface area contributed by atoms with Crippen molar-refractivity contribution in [2.24, 2.45) is 0 Å². The van der Waals surface area contributed by atoms with E-state index in [0.29, 0.717) is 29.7 Å². The first-order chi connectivity index (χ1) is 14.2. The summed E-state index contributed by atoms with van der Waals surface area (Å²) in [5.74, 6) is 0.315. The van der Waals surface area contributed by atoms with Crippen molar-refractivity contribution >= 4 is 17.5 Å². The molecule has 1 saturated heterocycles. The number of carbonyl (C=O) groups is 1. The number of rotatable bonds is 4. The Hall–Kier alpha value is -1.33. The van der Waals surface area contributed by atoms with Crippen LogP contribution in [0.4, 0.5) is 0 Å². The van der Waals surface area contributed by atoms with Gasteiger partial charge in [0, 0.05) is 25.1 Å². The third-order valence-electron chi connectivity index (χ3n) is 5.96. The fourth-order valence-electron chi connectivity index (χ4n) is 4.16. The summed E-state index contributed by atoms with van der Waals surface area (Å²) in [4.78, 5) is 17.1. The van der Waals surface area contributed by atoms with Gasteiger partial charge < -0.3 is 14.8 Å². The summed E-state index contributed by atoms with van der Waals surface area (Å²) in [6, 6.07) is 1.91. The molecule has 0 unspecified atom stereocenters. The first-order valence-corrected chi connectivity index (χ1v) is 11.8. The SMILES string of the molecule is O=C(NC1CCCCCCCCCCC1)c1cnc(OC2CCOCC2)c(Cl)c1. The van der Waals surface area contributed by atoms with Crippen LogP contribution in [0.2, 0.25) is 5.02 Å². The molecule has 3 rings (SSSR count). The zero-order chi connectivity index (χ0) is 20.3. The van der Waals surface area contributed by atoms with Gasteiger partial charge in [-0.3, -0.25) is 4.79 Å². The van der Waals surface area contributed by atoms with E-state index in [9.17, 15) is 4.79 Å². The van der Waals surface area contributed by atoms with Crippen LogP contribution in [0.25, 0.3) is 0 Å². The molecule has 6 heteroatoms. The fraction of sp³-hybridized carbons (Fsp3) is 0.739. The van der Waals surface area contributed by atoms with Gasteiger partial charge in [0.05, 0.1) is 18.8 Å². The van der Waals surface area contributed by atoms with Crippen LogP contribution < -0.4 is 10.1 Å². The van der Waals surface area contributed by atoms with E-state index in [-0.39, 0.29) is 18.1 Å². The Kier molecular flexibility index (Phi) is 9.55. The topological polar surface area (TPSA) is 60.5 Å². The first-order valence-electron chi connectivity index (χ1n) is 11.4. The Morgan fingerprint density at radius 2 is 1.55 bits per heavy atom. The summed E-state index contributed by atoms with van der Waals surface area (Å²) in [6.45, 7) is 1.40. The molecule has 1 N–H and O–H groups in total. The Labute approximate surface area is 179 Å². The predicted molar refractivity (Wildman–Crippen MR) is 116 cm³/mol. The Morgan fingerprint density at radius 3 is 2.14 bits per heavy atom. The van der Waals surface area contributed by atoms with Crippen molar-refractivity contribution in [3.8, 4) is 5.88 Å². The summed E-state index contributed by atoms with van der Waals surface area (Å²) in [5, 5.41) is 3.61. The number of hydrogen-bond donors (Lipinski definition) is 1. The highest BCUT2D eigenvalue weighted by molar-refractivity contribution is 6.32. The third-order valence-corrected chi connectivity index (χ3v) is 6.23. The van der Waals surface area contributed by atoms with Crippen LogP contribution in [-0.2, 0) is 4.74 Å². The fourth-order valence-corrected chi connectivity index (χ4v) is 4.38. The van der Waals surface area contributed by atoms with E-state index in [4.69, 9.17) is 21.1 Å². The van der Waals surface area contributed by atoms with E-state index in [0.717, 1.165) is 25.7 Å². The maximum atomic E-state index is 12.8. The number of aromatic nitrogens is 1. The third kappa shape index (κ3) is 7.78. The summed E-state index contributed by atoms with van der Waals surface area (Å²) in [7, 11) is 0. The molecule has 2 aliphatic rings. The number of hydrogen-bond acceptors (Lipinski definition) is 4. The van der Waals surface area contributed by atoms with Crippen LogP contribution in [0.5, 0.6) is 5.88 Å². The molecule has 0 aromatic carbocycles. The highest BCUT2D eigenvalue weighted by Gasteiger charge is 2.19. The second-order valence-corrected chi connectivity index (χ2v) is 8.78. The monoisotopic (exact) mass is 422 g/mol. The smallest absolute Gasteiger partial charge is 0.253 e. The molecule has 0 radical (unpaired) electrons. The zero-order valence-corrected chi connectivity index (χ0v) is 18.2. The molecule has 1 aromatic rings. The van der Waals surface area contributed by atoms with Gasteiger partial charge in [-0.25, -0.2) is 4.98 Å². The largest absolute Gasteiger partial charge is 0.473 e. The van der Waals surface area contributed by atoms with Gasteiger partial charge in [0.25, 0.3) is 5.91 Å². The van der Waals surface area contributed by atoms with Gasteiger partial charge in [-0.15, -0.1) is 0 Å². The second kappa shape index (κ2) is 12.4. The molecule has 2 fully saturated rings. The lowest BCUT2D eigenvalue weighted by atomic mass is 9.98. The minimum atomic E-state index is -0.0888. The number of carbonyl (C=O) groups excluding carboxylic acids is 1. The molecule has 1 aliphatic heterocycles. The van der Waals surface area contributed by atoms with Crippen LogP contribution in [-0.4, -0.2) is 36.3 Å². The maximum Gasteiger partial charge on any atom is 0.253 e. The first kappa shape index (κ1) is 22.4. The number of pyridine rings is 1. The molecular formula is C23H35ClN2O3. The van der Waals surface area contributed by atoms with Gasteiger partial charge in [-0.05, 0) is 18.9 Å². The molecule has 29 heavy (non-hydrogen) atoms. The molecule has 1 aromatic heterocycles. The lowest BCUT2D eigenvalue weighted by Gasteiger charge is -2.23. The van der Waals surface area contributed by atoms with Crippen molar-refractivity contribution in [2.45, 2.75) is 95.6 Å². The lowest BCUT2D eigenvalue weighted by molar-refractivity contribution is 0.0238. The Morgan fingerprint density at radius 1 is 0.966 bits per heavy atom. The number of amides is 1. The standard InChI is InChI=1S/C23H35ClN2O3/c24-21-16-18(17-25-23(21)29-20-12-14-28-15-13-20)22(27)26-19-10-8-6-4-2-1-3-5-7-9-11-19/h16-17,19-20H,1-15H2,(H,26,27). The van der Waals surface area contributed by atoms with Gasteiger partial charge in [0.2, 0.25) is 5.88 Å². The number of halogens is 1. The van der Waals surface area contributed by atoms with Gasteiger partial charge in [0.1, 0.15) is 11.1 Å². The van der Waals surface area contributed by atoms with Gasteiger partial charge in [-0.2, -0.15) is 0 Å². The van der Waals surface area contributed by atoms with Crippen LogP contribution in [0.3, 0.4) is 0 Å². The quantitative estimate of drug-likeness (QED) is 0.676. The molecule has 162 valence electrons. The average molecular weight is 423 g/mol. The van der Waals surface area contributed by atoms with Gasteiger partial charge in [0.15, 0.2) is 0 Å². The molecule has 0 bridgehead atoms. The maximum absolute atomic E-state index is 12.8.